The summed E-state index contributed by atoms with van der Waals surface area (Å²) in [5, 5.41) is 5.67. The molecule has 0 heterocycles. The molecule has 166 valence electrons. The smallest absolute Gasteiger partial charge is 0.264 e. The summed E-state index contributed by atoms with van der Waals surface area (Å²) < 4.78 is 27.2. The lowest BCUT2D eigenvalue weighted by atomic mass is 10.2. The van der Waals surface area contributed by atoms with Gasteiger partial charge >= 0.3 is 0 Å². The van der Waals surface area contributed by atoms with E-state index in [1.54, 1.807) is 36.4 Å². The molecule has 2 amide bonds. The molecule has 0 unspecified atom stereocenters. The summed E-state index contributed by atoms with van der Waals surface area (Å²) in [6.45, 7) is 1.64. The molecule has 0 aliphatic heterocycles. The molecule has 2 N–H and O–H groups in total. The Kier molecular flexibility index (Phi) is 7.17. The van der Waals surface area contributed by atoms with Crippen LogP contribution >= 0.6 is 11.6 Å². The highest BCUT2D eigenvalue weighted by Gasteiger charge is 2.22. The van der Waals surface area contributed by atoms with Gasteiger partial charge in [-0.05, 0) is 61.5 Å². The van der Waals surface area contributed by atoms with Crippen molar-refractivity contribution in [2.24, 2.45) is 0 Å². The van der Waals surface area contributed by atoms with E-state index in [4.69, 9.17) is 11.6 Å². The molecule has 0 saturated heterocycles. The van der Waals surface area contributed by atoms with Gasteiger partial charge in [0.15, 0.2) is 0 Å². The predicted octanol–water partition coefficient (Wildman–Crippen LogP) is 3.84. The van der Waals surface area contributed by atoms with E-state index in [9.17, 15) is 18.0 Å². The van der Waals surface area contributed by atoms with Gasteiger partial charge in [0.2, 0.25) is 5.91 Å². The van der Waals surface area contributed by atoms with Crippen molar-refractivity contribution < 1.29 is 18.0 Å². The Labute approximate surface area is 192 Å². The van der Waals surface area contributed by atoms with Crippen LogP contribution in [-0.2, 0) is 14.8 Å². The third-order valence-corrected chi connectivity index (χ3v) is 6.72. The number of benzene rings is 3. The van der Waals surface area contributed by atoms with E-state index in [1.807, 2.05) is 19.1 Å². The van der Waals surface area contributed by atoms with Crippen LogP contribution in [0.25, 0.3) is 0 Å². The quantitative estimate of drug-likeness (QED) is 0.547. The number of hydrogen-bond acceptors (Lipinski definition) is 4. The average Bonchev–Trinajstić information content (AvgIpc) is 2.79. The first kappa shape index (κ1) is 23.3. The lowest BCUT2D eigenvalue weighted by Gasteiger charge is -2.20. The Morgan fingerprint density at radius 1 is 0.969 bits per heavy atom. The van der Waals surface area contributed by atoms with Gasteiger partial charge in [-0.3, -0.25) is 13.9 Å². The van der Waals surface area contributed by atoms with Gasteiger partial charge in [0.05, 0.1) is 17.1 Å². The number of anilines is 2. The largest absolute Gasteiger partial charge is 0.343 e. The van der Waals surface area contributed by atoms with Gasteiger partial charge in [-0.2, -0.15) is 0 Å². The van der Waals surface area contributed by atoms with Crippen LogP contribution in [-0.4, -0.2) is 33.8 Å². The minimum Gasteiger partial charge on any atom is -0.343 e. The molecule has 0 spiro atoms. The summed E-state index contributed by atoms with van der Waals surface area (Å²) in [6, 6.07) is 19.3. The Morgan fingerprint density at radius 3 is 2.28 bits per heavy atom. The maximum Gasteiger partial charge on any atom is 0.264 e. The molecule has 3 aromatic rings. The monoisotopic (exact) mass is 471 g/mol. The van der Waals surface area contributed by atoms with Crippen molar-refractivity contribution >= 4 is 44.8 Å². The summed E-state index contributed by atoms with van der Waals surface area (Å²) in [7, 11) is -2.42. The number of rotatable bonds is 7. The molecule has 0 radical (unpaired) electrons. The molecule has 32 heavy (non-hydrogen) atoms. The van der Waals surface area contributed by atoms with Crippen molar-refractivity contribution in [1.29, 1.82) is 0 Å². The van der Waals surface area contributed by atoms with Crippen molar-refractivity contribution in [1.82, 2.24) is 5.32 Å². The fourth-order valence-corrected chi connectivity index (χ4v) is 4.22. The standard InChI is InChI=1S/C23H22ClN3O4S/c1-16-6-12-20(13-7-16)27(2)32(30,31)21-5-3-4-17(14-21)23(29)25-15-22(28)26-19-10-8-18(24)9-11-19/h3-14H,15H2,1-2H3,(H,25,29)(H,26,28). The number of nitrogens with one attached hydrogen (secondary N) is 2. The Bertz CT molecular complexity index is 1230. The molecular formula is C23H22ClN3O4S. The van der Waals surface area contributed by atoms with Crippen LogP contribution in [0.1, 0.15) is 15.9 Å². The number of halogens is 1. The normalized spacial score (nSPS) is 11.0. The fraction of sp³-hybridized carbons (Fsp3) is 0.130. The van der Waals surface area contributed by atoms with E-state index in [0.717, 1.165) is 9.87 Å². The van der Waals surface area contributed by atoms with Gasteiger partial charge in [-0.25, -0.2) is 8.42 Å². The van der Waals surface area contributed by atoms with Crippen molar-refractivity contribution in [2.45, 2.75) is 11.8 Å². The Hall–Kier alpha value is -3.36. The SMILES string of the molecule is Cc1ccc(N(C)S(=O)(=O)c2cccc(C(=O)NCC(=O)Nc3ccc(Cl)cc3)c2)cc1. The summed E-state index contributed by atoms with van der Waals surface area (Å²) in [4.78, 5) is 24.5. The van der Waals surface area contributed by atoms with Crippen LogP contribution in [0.3, 0.4) is 0 Å². The molecular weight excluding hydrogens is 450 g/mol. The minimum absolute atomic E-state index is 0.0289. The second kappa shape index (κ2) is 9.84. The topological polar surface area (TPSA) is 95.6 Å². The van der Waals surface area contributed by atoms with Crippen LogP contribution in [0.15, 0.2) is 77.7 Å². The zero-order chi connectivity index (χ0) is 23.3. The fourth-order valence-electron chi connectivity index (χ4n) is 2.85. The van der Waals surface area contributed by atoms with Crippen LogP contribution in [0.5, 0.6) is 0 Å². The minimum atomic E-state index is -3.87. The number of carbonyl (C=O) groups is 2. The second-order valence-electron chi connectivity index (χ2n) is 7.07. The zero-order valence-electron chi connectivity index (χ0n) is 17.5. The number of hydrogen-bond donors (Lipinski definition) is 2. The summed E-state index contributed by atoms with van der Waals surface area (Å²) in [6.07, 6.45) is 0. The lowest BCUT2D eigenvalue weighted by Crippen LogP contribution is -2.33. The van der Waals surface area contributed by atoms with Crippen molar-refractivity contribution in [3.05, 3.63) is 88.9 Å². The predicted molar refractivity (Wildman–Crippen MR) is 126 cm³/mol. The van der Waals surface area contributed by atoms with Crippen LogP contribution in [0, 0.1) is 6.92 Å². The Balaban J connectivity index is 1.67. The molecule has 0 fully saturated rings. The van der Waals surface area contributed by atoms with E-state index < -0.39 is 21.8 Å². The van der Waals surface area contributed by atoms with E-state index in [-0.39, 0.29) is 17.0 Å². The third kappa shape index (κ3) is 5.66. The highest BCUT2D eigenvalue weighted by Crippen LogP contribution is 2.23. The second-order valence-corrected chi connectivity index (χ2v) is 9.48. The van der Waals surface area contributed by atoms with Crippen molar-refractivity contribution in [3.63, 3.8) is 0 Å². The molecule has 0 bridgehead atoms. The van der Waals surface area contributed by atoms with Crippen LogP contribution in [0.2, 0.25) is 5.02 Å². The molecule has 7 nitrogen and oxygen atoms in total. The Morgan fingerprint density at radius 2 is 1.62 bits per heavy atom. The van der Waals surface area contributed by atoms with Gasteiger partial charge in [0, 0.05) is 23.3 Å². The number of carbonyl (C=O) groups excluding carboxylic acids is 2. The molecule has 3 aromatic carbocycles. The third-order valence-electron chi connectivity index (χ3n) is 4.69. The highest BCUT2D eigenvalue weighted by molar-refractivity contribution is 7.92. The van der Waals surface area contributed by atoms with Gasteiger partial charge < -0.3 is 10.6 Å². The van der Waals surface area contributed by atoms with Gasteiger partial charge in [-0.1, -0.05) is 35.4 Å². The first-order chi connectivity index (χ1) is 15.2. The number of sulfonamides is 1. The summed E-state index contributed by atoms with van der Waals surface area (Å²) in [5.74, 6) is -0.991. The number of nitrogens with zero attached hydrogens (tertiary/aromatic N) is 1. The molecule has 3 rings (SSSR count). The summed E-state index contributed by atoms with van der Waals surface area (Å²) >= 11 is 5.81. The molecule has 0 aromatic heterocycles. The molecule has 0 saturated carbocycles. The zero-order valence-corrected chi connectivity index (χ0v) is 19.1. The summed E-state index contributed by atoms with van der Waals surface area (Å²) in [5.41, 5.74) is 2.19. The van der Waals surface area contributed by atoms with Crippen molar-refractivity contribution in [3.8, 4) is 0 Å². The maximum atomic E-state index is 13.0. The van der Waals surface area contributed by atoms with Crippen LogP contribution in [0.4, 0.5) is 11.4 Å². The van der Waals surface area contributed by atoms with E-state index >= 15 is 0 Å². The van der Waals surface area contributed by atoms with E-state index in [2.05, 4.69) is 10.6 Å². The molecule has 0 aliphatic rings. The number of aryl methyl sites for hydroxylation is 1. The maximum absolute atomic E-state index is 13.0. The van der Waals surface area contributed by atoms with Crippen molar-refractivity contribution in [2.75, 3.05) is 23.2 Å². The van der Waals surface area contributed by atoms with E-state index in [1.165, 1.54) is 31.3 Å². The molecule has 9 heteroatoms. The first-order valence-electron chi connectivity index (χ1n) is 9.66. The van der Waals surface area contributed by atoms with E-state index in [0.29, 0.717) is 16.4 Å². The first-order valence-corrected chi connectivity index (χ1v) is 11.5. The highest BCUT2D eigenvalue weighted by atomic mass is 35.5. The molecule has 0 aliphatic carbocycles. The average molecular weight is 472 g/mol. The van der Waals surface area contributed by atoms with Gasteiger partial charge in [0.25, 0.3) is 15.9 Å². The lowest BCUT2D eigenvalue weighted by molar-refractivity contribution is -0.115. The number of amides is 2. The van der Waals surface area contributed by atoms with Crippen LogP contribution < -0.4 is 14.9 Å². The molecule has 0 atom stereocenters. The van der Waals surface area contributed by atoms with Gasteiger partial charge in [0.1, 0.15) is 0 Å². The van der Waals surface area contributed by atoms with Gasteiger partial charge in [-0.15, -0.1) is 0 Å².